The number of rotatable bonds is 2. The van der Waals surface area contributed by atoms with Crippen molar-refractivity contribution in [2.75, 3.05) is 0 Å². The van der Waals surface area contributed by atoms with Crippen LogP contribution in [0.25, 0.3) is 0 Å². The highest BCUT2D eigenvalue weighted by atomic mass is 32.2. The molecular weight excluding hydrogens is 360 g/mol. The first-order chi connectivity index (χ1) is 11.0. The molecule has 126 valence electrons. The third kappa shape index (κ3) is 2.63. The number of allylic oxidation sites excluding steroid dienone is 3. The Morgan fingerprint density at radius 3 is 2.29 bits per heavy atom. The number of ketones is 2. The lowest BCUT2D eigenvalue weighted by Crippen LogP contribution is -2.36. The molecule has 10 heteroatoms. The van der Waals surface area contributed by atoms with Gasteiger partial charge >= 0.3 is 0 Å². The third-order valence-corrected chi connectivity index (χ3v) is 5.71. The van der Waals surface area contributed by atoms with E-state index >= 15 is 0 Å². The molecule has 1 aromatic carbocycles. The van der Waals surface area contributed by atoms with Crippen molar-refractivity contribution in [2.45, 2.75) is 16.6 Å². The van der Waals surface area contributed by atoms with E-state index in [2.05, 4.69) is 0 Å². The van der Waals surface area contributed by atoms with Crippen molar-refractivity contribution < 1.29 is 35.5 Å². The molecule has 0 fully saturated rings. The molecule has 8 nitrogen and oxygen atoms in total. The van der Waals surface area contributed by atoms with Crippen molar-refractivity contribution in [3.05, 3.63) is 52.6 Å². The Morgan fingerprint density at radius 2 is 1.71 bits per heavy atom. The van der Waals surface area contributed by atoms with Crippen LogP contribution in [-0.4, -0.2) is 42.8 Å². The van der Waals surface area contributed by atoms with E-state index in [1.165, 1.54) is 6.08 Å². The topological polar surface area (TPSA) is 143 Å². The highest BCUT2D eigenvalue weighted by Crippen LogP contribution is 2.33. The largest absolute Gasteiger partial charge is 0.294 e. The van der Waals surface area contributed by atoms with Crippen molar-refractivity contribution >= 4 is 31.8 Å². The van der Waals surface area contributed by atoms with Gasteiger partial charge < -0.3 is 0 Å². The van der Waals surface area contributed by atoms with Gasteiger partial charge in [-0.2, -0.15) is 16.8 Å². The molecule has 3 rings (SSSR count). The molecule has 0 amide bonds. The Hall–Kier alpha value is -2.14. The number of fused-ring (bicyclic) bond motifs is 1. The molecule has 0 heterocycles. The van der Waals surface area contributed by atoms with Gasteiger partial charge in [0.05, 0.1) is 10.5 Å². The van der Waals surface area contributed by atoms with Gasteiger partial charge in [-0.15, -0.1) is 0 Å². The number of hydrogen-bond acceptors (Lipinski definition) is 6. The van der Waals surface area contributed by atoms with Crippen LogP contribution in [0.4, 0.5) is 0 Å². The summed E-state index contributed by atoms with van der Waals surface area (Å²) in [7, 11) is -9.13. The summed E-state index contributed by atoms with van der Waals surface area (Å²) >= 11 is 0. The van der Waals surface area contributed by atoms with E-state index < -0.39 is 37.1 Å². The lowest BCUT2D eigenvalue weighted by Gasteiger charge is -2.24. The van der Waals surface area contributed by atoms with Crippen LogP contribution in [0, 0.1) is 0 Å². The summed E-state index contributed by atoms with van der Waals surface area (Å²) in [6.07, 6.45) is 2.23. The molecule has 0 saturated heterocycles. The fourth-order valence-electron chi connectivity index (χ4n) is 2.75. The first-order valence-electron chi connectivity index (χ1n) is 6.57. The minimum atomic E-state index is -4.69. The molecule has 0 spiro atoms. The lowest BCUT2D eigenvalue weighted by atomic mass is 9.80. The summed E-state index contributed by atoms with van der Waals surface area (Å²) in [4.78, 5) is 24.4. The zero-order valence-electron chi connectivity index (χ0n) is 11.8. The van der Waals surface area contributed by atoms with Gasteiger partial charge in [0.15, 0.2) is 16.8 Å². The number of Topliss-reactive ketones (excluding diaryl/α,β-unsaturated/α-hetero) is 2. The van der Waals surface area contributed by atoms with Crippen molar-refractivity contribution in [1.82, 2.24) is 0 Å². The molecule has 2 aliphatic carbocycles. The van der Waals surface area contributed by atoms with Gasteiger partial charge in [-0.1, -0.05) is 12.2 Å². The zero-order valence-corrected chi connectivity index (χ0v) is 13.5. The van der Waals surface area contributed by atoms with E-state index in [0.717, 1.165) is 24.3 Å². The molecule has 1 unspecified atom stereocenters. The van der Waals surface area contributed by atoms with Gasteiger partial charge in [-0.25, -0.2) is 0 Å². The van der Waals surface area contributed by atoms with Gasteiger partial charge in [-0.05, 0) is 35.8 Å². The van der Waals surface area contributed by atoms with Crippen molar-refractivity contribution in [1.29, 1.82) is 0 Å². The Kier molecular flexibility index (Phi) is 3.61. The summed E-state index contributed by atoms with van der Waals surface area (Å²) in [6, 6.07) is 3.29. The maximum atomic E-state index is 12.5. The van der Waals surface area contributed by atoms with E-state index in [4.69, 9.17) is 9.11 Å². The molecule has 2 aliphatic rings. The van der Waals surface area contributed by atoms with Crippen LogP contribution in [0.1, 0.15) is 15.9 Å². The molecule has 2 N–H and O–H groups in total. The average molecular weight is 370 g/mol. The average Bonchev–Trinajstić information content (AvgIpc) is 2.44. The van der Waals surface area contributed by atoms with E-state index in [1.54, 1.807) is 0 Å². The van der Waals surface area contributed by atoms with Crippen LogP contribution in [0.5, 0.6) is 0 Å². The number of hydrogen-bond donors (Lipinski definition) is 2. The standard InChI is InChI=1S/C14H10O8S2/c15-13-10-3-2-9(23(17,18)19)6-8(10)5-7-1-4-11(24(20,21)22)14(16)12(7)13/h1-4,6,11H,5H2,(H,17,18,19)(H,20,21,22). The summed E-state index contributed by atoms with van der Waals surface area (Å²) < 4.78 is 63.0. The van der Waals surface area contributed by atoms with Crippen LogP contribution in [-0.2, 0) is 31.5 Å². The van der Waals surface area contributed by atoms with Crippen molar-refractivity contribution in [2.24, 2.45) is 0 Å². The second-order valence-corrected chi connectivity index (χ2v) is 8.32. The van der Waals surface area contributed by atoms with Crippen molar-refractivity contribution in [3.63, 3.8) is 0 Å². The lowest BCUT2D eigenvalue weighted by molar-refractivity contribution is -0.114. The Balaban J connectivity index is 2.11. The maximum absolute atomic E-state index is 12.5. The first kappa shape index (κ1) is 16.7. The zero-order chi connectivity index (χ0) is 17.9. The van der Waals surface area contributed by atoms with Gasteiger partial charge in [-0.3, -0.25) is 18.7 Å². The predicted octanol–water partition coefficient (Wildman–Crippen LogP) is 0.364. The van der Waals surface area contributed by atoms with E-state index in [1.807, 2.05) is 0 Å². The van der Waals surface area contributed by atoms with Gasteiger partial charge in [0.1, 0.15) is 0 Å². The predicted molar refractivity (Wildman–Crippen MR) is 80.8 cm³/mol. The summed E-state index contributed by atoms with van der Waals surface area (Å²) in [5, 5.41) is -1.83. The van der Waals surface area contributed by atoms with E-state index in [0.29, 0.717) is 0 Å². The van der Waals surface area contributed by atoms with Gasteiger partial charge in [0, 0.05) is 5.56 Å². The molecule has 1 aromatic rings. The minimum Gasteiger partial charge on any atom is -0.292 e. The third-order valence-electron chi connectivity index (χ3n) is 3.85. The molecule has 0 aliphatic heterocycles. The van der Waals surface area contributed by atoms with E-state index in [-0.39, 0.29) is 33.6 Å². The SMILES string of the molecule is O=C1C2=C(C=CC(S(=O)(=O)O)C2=O)Cc2cc(S(=O)(=O)O)ccc21. The highest BCUT2D eigenvalue weighted by Gasteiger charge is 2.40. The number of benzene rings is 1. The normalized spacial score (nSPS) is 20.8. The minimum absolute atomic E-state index is 0.0141. The fourth-order valence-corrected chi connectivity index (χ4v) is 3.95. The first-order valence-corrected chi connectivity index (χ1v) is 9.51. The smallest absolute Gasteiger partial charge is 0.292 e. The fraction of sp³-hybridized carbons (Fsp3) is 0.143. The summed E-state index contributed by atoms with van der Waals surface area (Å²) in [5.41, 5.74) is 0.215. The summed E-state index contributed by atoms with van der Waals surface area (Å²) in [6.45, 7) is 0. The second-order valence-electron chi connectivity index (χ2n) is 5.36. The van der Waals surface area contributed by atoms with Crippen molar-refractivity contribution in [3.8, 4) is 0 Å². The molecule has 24 heavy (non-hydrogen) atoms. The van der Waals surface area contributed by atoms with Gasteiger partial charge in [0.2, 0.25) is 0 Å². The molecule has 0 aromatic heterocycles. The number of carbonyl (C=O) groups excluding carboxylic acids is 2. The maximum Gasteiger partial charge on any atom is 0.294 e. The molecule has 0 bridgehead atoms. The van der Waals surface area contributed by atoms with Crippen LogP contribution in [0.2, 0.25) is 0 Å². The quantitative estimate of drug-likeness (QED) is 0.561. The number of carbonyl (C=O) groups is 2. The Labute approximate surface area is 137 Å². The van der Waals surface area contributed by atoms with Crippen LogP contribution in [0.3, 0.4) is 0 Å². The van der Waals surface area contributed by atoms with E-state index in [9.17, 15) is 26.4 Å². The summed E-state index contributed by atoms with van der Waals surface area (Å²) in [5.74, 6) is -1.78. The molecular formula is C14H10O8S2. The van der Waals surface area contributed by atoms with Crippen LogP contribution in [0.15, 0.2) is 46.4 Å². The van der Waals surface area contributed by atoms with Crippen LogP contribution >= 0.6 is 0 Å². The molecule has 0 radical (unpaired) electrons. The monoisotopic (exact) mass is 370 g/mol. The molecule has 1 atom stereocenters. The molecule has 0 saturated carbocycles. The van der Waals surface area contributed by atoms with Crippen LogP contribution < -0.4 is 0 Å². The Bertz CT molecular complexity index is 1060. The highest BCUT2D eigenvalue weighted by molar-refractivity contribution is 7.87. The second kappa shape index (κ2) is 5.18. The Morgan fingerprint density at radius 1 is 1.04 bits per heavy atom. The van der Waals surface area contributed by atoms with Gasteiger partial charge in [0.25, 0.3) is 20.2 Å².